The average molecular weight is 484 g/mol. The molecular formula is C27H53N3O2S. The predicted molar refractivity (Wildman–Crippen MR) is 145 cm³/mol. The van der Waals surface area contributed by atoms with Gasteiger partial charge in [-0.15, -0.1) is 11.8 Å². The van der Waals surface area contributed by atoms with E-state index in [9.17, 15) is 9.59 Å². The van der Waals surface area contributed by atoms with Gasteiger partial charge in [0, 0.05) is 30.8 Å². The largest absolute Gasteiger partial charge is 0.356 e. The molecule has 0 radical (unpaired) electrons. The summed E-state index contributed by atoms with van der Waals surface area (Å²) >= 11 is 1.62. The van der Waals surface area contributed by atoms with Gasteiger partial charge in [-0.3, -0.25) is 9.59 Å². The van der Waals surface area contributed by atoms with Gasteiger partial charge < -0.3 is 16.4 Å². The second-order valence-electron chi connectivity index (χ2n) is 10.3. The van der Waals surface area contributed by atoms with Gasteiger partial charge in [0.15, 0.2) is 0 Å². The monoisotopic (exact) mass is 483 g/mol. The Morgan fingerprint density at radius 3 is 1.97 bits per heavy atom. The number of hydrogen-bond donors (Lipinski definition) is 3. The highest BCUT2D eigenvalue weighted by Gasteiger charge is 2.18. The van der Waals surface area contributed by atoms with Crippen LogP contribution in [0.1, 0.15) is 99.3 Å². The number of carbonyl (C=O) groups is 2. The lowest BCUT2D eigenvalue weighted by atomic mass is 9.87. The van der Waals surface area contributed by atoms with Crippen molar-refractivity contribution in [2.24, 2.45) is 23.5 Å². The fraction of sp³-hybridized carbons (Fsp3) is 0.852. The Morgan fingerprint density at radius 2 is 1.48 bits per heavy atom. The molecule has 0 heterocycles. The van der Waals surface area contributed by atoms with Gasteiger partial charge in [-0.25, -0.2) is 0 Å². The molecule has 0 aliphatic rings. The van der Waals surface area contributed by atoms with E-state index in [1.165, 1.54) is 25.7 Å². The maximum atomic E-state index is 12.1. The quantitative estimate of drug-likeness (QED) is 0.194. The lowest BCUT2D eigenvalue weighted by Crippen LogP contribution is -2.32. The van der Waals surface area contributed by atoms with Crippen LogP contribution in [0.3, 0.4) is 0 Å². The van der Waals surface area contributed by atoms with E-state index in [1.54, 1.807) is 11.8 Å². The summed E-state index contributed by atoms with van der Waals surface area (Å²) in [5.41, 5.74) is 5.73. The third-order valence-corrected chi connectivity index (χ3v) is 7.68. The lowest BCUT2D eigenvalue weighted by Gasteiger charge is -2.21. The van der Waals surface area contributed by atoms with E-state index < -0.39 is 0 Å². The molecule has 33 heavy (non-hydrogen) atoms. The van der Waals surface area contributed by atoms with E-state index in [0.29, 0.717) is 36.5 Å². The maximum Gasteiger partial charge on any atom is 0.230 e. The zero-order valence-corrected chi connectivity index (χ0v) is 23.2. The summed E-state index contributed by atoms with van der Waals surface area (Å²) in [4.78, 5) is 23.7. The summed E-state index contributed by atoms with van der Waals surface area (Å²) < 4.78 is -0.0485. The number of allylic oxidation sites excluding steroid dienone is 2. The summed E-state index contributed by atoms with van der Waals surface area (Å²) in [6, 6.07) is 0. The number of rotatable bonds is 20. The molecule has 3 atom stereocenters. The number of thioether (sulfide) groups is 1. The smallest absolute Gasteiger partial charge is 0.230 e. The standard InChI is InChI=1S/C27H53N3O2S/c1-7-9-11-24(14-12-22(3)16-18-29-25(31)10-8-2)15-13-23(4)17-19-30-26(32)20-33-27(5,6)21-28/h7,9,22-24H,8,10-21,28H2,1-6H3,(H,29,31)(H,30,32). The normalized spacial score (nSPS) is 14.8. The molecule has 0 aromatic heterocycles. The summed E-state index contributed by atoms with van der Waals surface area (Å²) in [5.74, 6) is 2.72. The number of nitrogens with one attached hydrogen (secondary N) is 2. The molecule has 4 N–H and O–H groups in total. The third-order valence-electron chi connectivity index (χ3n) is 6.32. The Balaban J connectivity index is 4.17. The van der Waals surface area contributed by atoms with Crippen molar-refractivity contribution >= 4 is 23.6 Å². The average Bonchev–Trinajstić information content (AvgIpc) is 2.77. The van der Waals surface area contributed by atoms with Gasteiger partial charge in [0.25, 0.3) is 0 Å². The minimum Gasteiger partial charge on any atom is -0.356 e. The zero-order valence-electron chi connectivity index (χ0n) is 22.4. The second kappa shape index (κ2) is 19.3. The summed E-state index contributed by atoms with van der Waals surface area (Å²) in [6.07, 6.45) is 14.1. The third kappa shape index (κ3) is 19.0. The first-order chi connectivity index (χ1) is 15.6. The van der Waals surface area contributed by atoms with Crippen LogP contribution in [-0.2, 0) is 9.59 Å². The number of amides is 2. The molecule has 5 nitrogen and oxygen atoms in total. The van der Waals surface area contributed by atoms with Crippen LogP contribution in [-0.4, -0.2) is 41.9 Å². The van der Waals surface area contributed by atoms with Crippen LogP contribution in [0.2, 0.25) is 0 Å². The molecule has 0 fully saturated rings. The fourth-order valence-corrected chi connectivity index (χ4v) is 4.38. The molecular weight excluding hydrogens is 430 g/mol. The van der Waals surface area contributed by atoms with E-state index in [4.69, 9.17) is 5.73 Å². The number of hydrogen-bond acceptors (Lipinski definition) is 4. The van der Waals surface area contributed by atoms with Gasteiger partial charge in [-0.1, -0.05) is 45.8 Å². The molecule has 0 aliphatic carbocycles. The first-order valence-corrected chi connectivity index (χ1v) is 14.1. The van der Waals surface area contributed by atoms with Gasteiger partial charge in [0.1, 0.15) is 0 Å². The highest BCUT2D eigenvalue weighted by atomic mass is 32.2. The van der Waals surface area contributed by atoms with Gasteiger partial charge in [0.05, 0.1) is 5.75 Å². The molecule has 3 unspecified atom stereocenters. The Morgan fingerprint density at radius 1 is 0.939 bits per heavy atom. The molecule has 0 aromatic rings. The minimum atomic E-state index is -0.0485. The summed E-state index contributed by atoms with van der Waals surface area (Å²) in [6.45, 7) is 15.0. The van der Waals surface area contributed by atoms with E-state index in [1.807, 2.05) is 6.92 Å². The van der Waals surface area contributed by atoms with Crippen molar-refractivity contribution in [1.29, 1.82) is 0 Å². The first kappa shape index (κ1) is 32.0. The topological polar surface area (TPSA) is 84.2 Å². The van der Waals surface area contributed by atoms with Gasteiger partial charge in [0.2, 0.25) is 11.8 Å². The molecule has 194 valence electrons. The van der Waals surface area contributed by atoms with Crippen molar-refractivity contribution in [3.63, 3.8) is 0 Å². The molecule has 2 amide bonds. The highest BCUT2D eigenvalue weighted by Crippen LogP contribution is 2.25. The van der Waals surface area contributed by atoms with Crippen molar-refractivity contribution in [2.45, 2.75) is 104 Å². The van der Waals surface area contributed by atoms with Gasteiger partial charge >= 0.3 is 0 Å². The van der Waals surface area contributed by atoms with E-state index in [-0.39, 0.29) is 16.6 Å². The van der Waals surface area contributed by atoms with Crippen molar-refractivity contribution in [3.05, 3.63) is 12.2 Å². The molecule has 0 aromatic carbocycles. The number of nitrogens with two attached hydrogens (primary N) is 1. The highest BCUT2D eigenvalue weighted by molar-refractivity contribution is 8.01. The van der Waals surface area contributed by atoms with E-state index >= 15 is 0 Å². The predicted octanol–water partition coefficient (Wildman–Crippen LogP) is 5.68. The molecule has 0 saturated heterocycles. The van der Waals surface area contributed by atoms with Crippen LogP contribution in [0.5, 0.6) is 0 Å². The van der Waals surface area contributed by atoms with E-state index in [2.05, 4.69) is 57.4 Å². The van der Waals surface area contributed by atoms with Crippen molar-refractivity contribution in [3.8, 4) is 0 Å². The first-order valence-electron chi connectivity index (χ1n) is 13.1. The molecule has 0 bridgehead atoms. The minimum absolute atomic E-state index is 0.0485. The fourth-order valence-electron chi connectivity index (χ4n) is 3.64. The molecule has 0 saturated carbocycles. The van der Waals surface area contributed by atoms with Crippen LogP contribution in [0.15, 0.2) is 12.2 Å². The Kier molecular flexibility index (Phi) is 18.7. The second-order valence-corrected chi connectivity index (χ2v) is 12.0. The summed E-state index contributed by atoms with van der Waals surface area (Å²) in [5, 5.41) is 6.10. The number of carbonyl (C=O) groups excluding carboxylic acids is 2. The SMILES string of the molecule is CC=CCC(CCC(C)CCNC(=O)CCC)CCC(C)CCNC(=O)CSC(C)(C)CN. The zero-order chi connectivity index (χ0) is 25.1. The Labute approximate surface area is 208 Å². The molecule has 6 heteroatoms. The van der Waals surface area contributed by atoms with Crippen molar-refractivity contribution in [2.75, 3.05) is 25.4 Å². The van der Waals surface area contributed by atoms with Crippen LogP contribution >= 0.6 is 11.8 Å². The van der Waals surface area contributed by atoms with Crippen LogP contribution < -0.4 is 16.4 Å². The molecule has 0 rings (SSSR count). The van der Waals surface area contributed by atoms with Crippen LogP contribution in [0.4, 0.5) is 0 Å². The molecule has 0 spiro atoms. The Hall–Kier alpha value is -1.01. The maximum absolute atomic E-state index is 12.1. The lowest BCUT2D eigenvalue weighted by molar-refractivity contribution is -0.121. The summed E-state index contributed by atoms with van der Waals surface area (Å²) in [7, 11) is 0. The van der Waals surface area contributed by atoms with Gasteiger partial charge in [-0.2, -0.15) is 0 Å². The van der Waals surface area contributed by atoms with Crippen molar-refractivity contribution in [1.82, 2.24) is 10.6 Å². The molecule has 0 aliphatic heterocycles. The Bertz CT molecular complexity index is 551. The van der Waals surface area contributed by atoms with Crippen LogP contribution in [0.25, 0.3) is 0 Å². The van der Waals surface area contributed by atoms with Crippen molar-refractivity contribution < 1.29 is 9.59 Å². The van der Waals surface area contributed by atoms with E-state index in [0.717, 1.165) is 38.8 Å². The van der Waals surface area contributed by atoms with Crippen LogP contribution in [0, 0.1) is 17.8 Å². The van der Waals surface area contributed by atoms with Gasteiger partial charge in [-0.05, 0) is 77.0 Å².